The highest BCUT2D eigenvalue weighted by Crippen LogP contribution is 2.28. The zero-order valence-electron chi connectivity index (χ0n) is 12.9. The zero-order chi connectivity index (χ0) is 16.1. The summed E-state index contributed by atoms with van der Waals surface area (Å²) < 4.78 is 5.46. The first kappa shape index (κ1) is 15.9. The van der Waals surface area contributed by atoms with E-state index in [1.807, 2.05) is 12.1 Å². The van der Waals surface area contributed by atoms with Gasteiger partial charge in [-0.25, -0.2) is 4.79 Å². The lowest BCUT2D eigenvalue weighted by Gasteiger charge is -2.31. The predicted octanol–water partition coefficient (Wildman–Crippen LogP) is 4.86. The average molecular weight is 333 g/mol. The molecule has 0 unspecified atom stereocenters. The summed E-state index contributed by atoms with van der Waals surface area (Å²) in [5.74, 6) is 1.41. The highest BCUT2D eigenvalue weighted by molar-refractivity contribution is 6.30. The second-order valence-electron chi connectivity index (χ2n) is 6.04. The second kappa shape index (κ2) is 7.55. The largest absolute Gasteiger partial charge is 0.469 e. The molecule has 0 aliphatic heterocycles. The zero-order valence-corrected chi connectivity index (χ0v) is 13.7. The summed E-state index contributed by atoms with van der Waals surface area (Å²) in [6.07, 6.45) is 7.07. The number of benzene rings is 1. The fraction of sp³-hybridized carbons (Fsp3) is 0.389. The highest BCUT2D eigenvalue weighted by atomic mass is 35.5. The van der Waals surface area contributed by atoms with E-state index >= 15 is 0 Å². The molecule has 2 aromatic rings. The van der Waals surface area contributed by atoms with Crippen LogP contribution in [0.1, 0.15) is 31.4 Å². The summed E-state index contributed by atoms with van der Waals surface area (Å²) in [4.78, 5) is 12.2. The molecule has 1 fully saturated rings. The van der Waals surface area contributed by atoms with Crippen molar-refractivity contribution in [3.8, 4) is 0 Å². The first-order chi connectivity index (χ1) is 11.2. The van der Waals surface area contributed by atoms with Crippen molar-refractivity contribution in [1.29, 1.82) is 0 Å². The van der Waals surface area contributed by atoms with Crippen LogP contribution in [0.15, 0.2) is 47.1 Å². The molecule has 0 saturated heterocycles. The van der Waals surface area contributed by atoms with Crippen LogP contribution in [0.5, 0.6) is 0 Å². The number of amides is 2. The Balaban J connectivity index is 1.57. The van der Waals surface area contributed by atoms with Crippen LogP contribution in [0.25, 0.3) is 0 Å². The summed E-state index contributed by atoms with van der Waals surface area (Å²) in [7, 11) is 0. The molecule has 1 heterocycles. The van der Waals surface area contributed by atoms with Crippen molar-refractivity contribution in [1.82, 2.24) is 5.32 Å². The molecule has 1 aromatic heterocycles. The van der Waals surface area contributed by atoms with Crippen molar-refractivity contribution in [2.24, 2.45) is 5.92 Å². The SMILES string of the molecule is O=C(Nc1ccc(Cl)cc1)N[C@H]1CCCC[C@H]1Cc1ccco1. The van der Waals surface area contributed by atoms with Gasteiger partial charge in [-0.3, -0.25) is 0 Å². The Bertz CT molecular complexity index is 625. The number of hydrogen-bond acceptors (Lipinski definition) is 2. The predicted molar refractivity (Wildman–Crippen MR) is 91.8 cm³/mol. The number of halogens is 1. The van der Waals surface area contributed by atoms with Crippen molar-refractivity contribution in [3.63, 3.8) is 0 Å². The van der Waals surface area contributed by atoms with Crippen LogP contribution in [0.3, 0.4) is 0 Å². The van der Waals surface area contributed by atoms with E-state index in [4.69, 9.17) is 16.0 Å². The highest BCUT2D eigenvalue weighted by Gasteiger charge is 2.27. The van der Waals surface area contributed by atoms with Crippen LogP contribution in [0.2, 0.25) is 5.02 Å². The monoisotopic (exact) mass is 332 g/mol. The number of urea groups is 1. The Morgan fingerprint density at radius 2 is 1.96 bits per heavy atom. The molecule has 2 N–H and O–H groups in total. The lowest BCUT2D eigenvalue weighted by atomic mass is 9.82. The Morgan fingerprint density at radius 3 is 2.70 bits per heavy atom. The summed E-state index contributed by atoms with van der Waals surface area (Å²) in [6, 6.07) is 11.0. The van der Waals surface area contributed by atoms with Crippen molar-refractivity contribution in [2.45, 2.75) is 38.1 Å². The van der Waals surface area contributed by atoms with Gasteiger partial charge in [-0.15, -0.1) is 0 Å². The molecule has 3 rings (SSSR count). The first-order valence-electron chi connectivity index (χ1n) is 8.06. The lowest BCUT2D eigenvalue weighted by Crippen LogP contribution is -2.44. The Hall–Kier alpha value is -1.94. The minimum atomic E-state index is -0.163. The first-order valence-corrected chi connectivity index (χ1v) is 8.44. The van der Waals surface area contributed by atoms with Gasteiger partial charge in [0.2, 0.25) is 0 Å². The van der Waals surface area contributed by atoms with Gasteiger partial charge in [0.05, 0.1) is 6.26 Å². The molecule has 122 valence electrons. The maximum Gasteiger partial charge on any atom is 0.319 e. The van der Waals surface area contributed by atoms with E-state index in [1.54, 1.807) is 30.5 Å². The van der Waals surface area contributed by atoms with Crippen LogP contribution in [-0.2, 0) is 6.42 Å². The quantitative estimate of drug-likeness (QED) is 0.840. The number of hydrogen-bond donors (Lipinski definition) is 2. The van der Waals surface area contributed by atoms with Crippen LogP contribution in [0, 0.1) is 5.92 Å². The van der Waals surface area contributed by atoms with E-state index in [9.17, 15) is 4.79 Å². The standard InChI is InChI=1S/C18H21ClN2O2/c19-14-7-9-15(10-8-14)20-18(22)21-17-6-2-1-4-13(17)12-16-5-3-11-23-16/h3,5,7-11,13,17H,1-2,4,6,12H2,(H2,20,21,22)/t13-,17-/m0/s1. The fourth-order valence-corrected chi connectivity index (χ4v) is 3.32. The van der Waals surface area contributed by atoms with Gasteiger partial charge < -0.3 is 15.1 Å². The normalized spacial score (nSPS) is 20.9. The molecule has 0 spiro atoms. The molecule has 1 aliphatic carbocycles. The van der Waals surface area contributed by atoms with Crippen molar-refractivity contribution >= 4 is 23.3 Å². The number of carbonyl (C=O) groups excluding carboxylic acids is 1. The van der Waals surface area contributed by atoms with E-state index in [0.717, 1.165) is 37.1 Å². The minimum absolute atomic E-state index is 0.163. The smallest absolute Gasteiger partial charge is 0.319 e. The fourth-order valence-electron chi connectivity index (χ4n) is 3.20. The third-order valence-corrected chi connectivity index (χ3v) is 4.62. The van der Waals surface area contributed by atoms with Gasteiger partial charge in [0.15, 0.2) is 0 Å². The molecule has 4 nitrogen and oxygen atoms in total. The number of rotatable bonds is 4. The van der Waals surface area contributed by atoms with Gasteiger partial charge in [0.25, 0.3) is 0 Å². The van der Waals surface area contributed by atoms with Crippen molar-refractivity contribution < 1.29 is 9.21 Å². The molecule has 1 saturated carbocycles. The molecular weight excluding hydrogens is 312 g/mol. The van der Waals surface area contributed by atoms with Gasteiger partial charge in [-0.05, 0) is 55.2 Å². The molecule has 0 radical (unpaired) electrons. The third-order valence-electron chi connectivity index (χ3n) is 4.37. The second-order valence-corrected chi connectivity index (χ2v) is 6.48. The minimum Gasteiger partial charge on any atom is -0.469 e. The average Bonchev–Trinajstić information content (AvgIpc) is 3.05. The van der Waals surface area contributed by atoms with E-state index in [0.29, 0.717) is 10.9 Å². The summed E-state index contributed by atoms with van der Waals surface area (Å²) in [5.41, 5.74) is 0.741. The van der Waals surface area contributed by atoms with Crippen LogP contribution < -0.4 is 10.6 Å². The van der Waals surface area contributed by atoms with E-state index in [2.05, 4.69) is 10.6 Å². The van der Waals surface area contributed by atoms with Crippen LogP contribution in [-0.4, -0.2) is 12.1 Å². The lowest BCUT2D eigenvalue weighted by molar-refractivity contribution is 0.224. The number of carbonyl (C=O) groups is 1. The number of furan rings is 1. The maximum atomic E-state index is 12.2. The van der Waals surface area contributed by atoms with Crippen LogP contribution in [0.4, 0.5) is 10.5 Å². The molecule has 2 amide bonds. The molecular formula is C18H21ClN2O2. The summed E-state index contributed by atoms with van der Waals surface area (Å²) >= 11 is 5.85. The van der Waals surface area contributed by atoms with Crippen molar-refractivity contribution in [2.75, 3.05) is 5.32 Å². The molecule has 1 aliphatic rings. The van der Waals surface area contributed by atoms with Gasteiger partial charge in [0, 0.05) is 23.2 Å². The Labute approximate surface area is 141 Å². The topological polar surface area (TPSA) is 54.3 Å². The molecule has 23 heavy (non-hydrogen) atoms. The third kappa shape index (κ3) is 4.52. The van der Waals surface area contributed by atoms with E-state index in [-0.39, 0.29) is 12.1 Å². The van der Waals surface area contributed by atoms with E-state index in [1.165, 1.54) is 6.42 Å². The summed E-state index contributed by atoms with van der Waals surface area (Å²) in [5, 5.41) is 6.64. The van der Waals surface area contributed by atoms with Crippen molar-refractivity contribution in [3.05, 3.63) is 53.4 Å². The summed E-state index contributed by atoms with van der Waals surface area (Å²) in [6.45, 7) is 0. The molecule has 2 atom stereocenters. The number of anilines is 1. The molecule has 1 aromatic carbocycles. The van der Waals surface area contributed by atoms with Crippen LogP contribution >= 0.6 is 11.6 Å². The van der Waals surface area contributed by atoms with Gasteiger partial charge in [-0.2, -0.15) is 0 Å². The van der Waals surface area contributed by atoms with Gasteiger partial charge >= 0.3 is 6.03 Å². The van der Waals surface area contributed by atoms with Gasteiger partial charge in [-0.1, -0.05) is 24.4 Å². The maximum absolute atomic E-state index is 12.2. The Morgan fingerprint density at radius 1 is 1.17 bits per heavy atom. The Kier molecular flexibility index (Phi) is 5.23. The number of nitrogens with one attached hydrogen (secondary N) is 2. The van der Waals surface area contributed by atoms with Gasteiger partial charge in [0.1, 0.15) is 5.76 Å². The van der Waals surface area contributed by atoms with E-state index < -0.39 is 0 Å². The molecule has 5 heteroatoms. The molecule has 0 bridgehead atoms.